The second kappa shape index (κ2) is 7.72. The maximum absolute atomic E-state index is 5.72. The lowest BCUT2D eigenvalue weighted by Gasteiger charge is -2.49. The second-order valence-electron chi connectivity index (χ2n) is 7.68. The molecule has 0 aromatic heterocycles. The number of nitrogens with zero attached hydrogens (tertiary/aromatic N) is 1. The zero-order valence-corrected chi connectivity index (χ0v) is 17.9. The van der Waals surface area contributed by atoms with E-state index in [1.165, 1.54) is 22.3 Å². The number of ether oxygens (including phenoxy) is 4. The van der Waals surface area contributed by atoms with Gasteiger partial charge in [0.05, 0.1) is 47.6 Å². The first-order chi connectivity index (χ1) is 13.0. The molecule has 0 bridgehead atoms. The molecule has 28 heavy (non-hydrogen) atoms. The Labute approximate surface area is 173 Å². The van der Waals surface area contributed by atoms with Gasteiger partial charge in [-0.1, -0.05) is 6.07 Å². The Bertz CT molecular complexity index is 885. The lowest BCUT2D eigenvalue weighted by atomic mass is 9.81. The molecule has 2 atom stereocenters. The predicted molar refractivity (Wildman–Crippen MR) is 104 cm³/mol. The third-order valence-corrected chi connectivity index (χ3v) is 6.33. The summed E-state index contributed by atoms with van der Waals surface area (Å²) in [5.74, 6) is 3.31. The average Bonchev–Trinajstić information content (AvgIpc) is 2.70. The van der Waals surface area contributed by atoms with Gasteiger partial charge in [0.25, 0.3) is 0 Å². The van der Waals surface area contributed by atoms with Gasteiger partial charge in [0, 0.05) is 18.4 Å². The molecule has 2 heterocycles. The maximum atomic E-state index is 5.72. The lowest BCUT2D eigenvalue weighted by Crippen LogP contribution is -3.00. The van der Waals surface area contributed by atoms with Gasteiger partial charge < -0.3 is 35.8 Å². The molecule has 0 amide bonds. The summed E-state index contributed by atoms with van der Waals surface area (Å²) < 4.78 is 23.3. The van der Waals surface area contributed by atoms with Crippen molar-refractivity contribution < 1.29 is 35.8 Å². The van der Waals surface area contributed by atoms with Gasteiger partial charge in [-0.05, 0) is 29.3 Å². The van der Waals surface area contributed by atoms with Gasteiger partial charge in [-0.15, -0.1) is 0 Å². The molecule has 0 aliphatic carbocycles. The minimum absolute atomic E-state index is 0. The molecule has 6 heteroatoms. The van der Waals surface area contributed by atoms with E-state index in [-0.39, 0.29) is 12.4 Å². The van der Waals surface area contributed by atoms with Crippen LogP contribution >= 0.6 is 0 Å². The van der Waals surface area contributed by atoms with E-state index in [1.807, 2.05) is 6.07 Å². The third-order valence-electron chi connectivity index (χ3n) is 6.33. The molecule has 5 nitrogen and oxygen atoms in total. The van der Waals surface area contributed by atoms with Crippen molar-refractivity contribution in [3.63, 3.8) is 0 Å². The van der Waals surface area contributed by atoms with Gasteiger partial charge in [0.15, 0.2) is 23.0 Å². The number of halogens is 1. The number of methoxy groups -OCH3 is 4. The van der Waals surface area contributed by atoms with Gasteiger partial charge in [0.1, 0.15) is 12.6 Å². The number of fused-ring (bicyclic) bond motifs is 4. The second-order valence-corrected chi connectivity index (χ2v) is 7.68. The molecule has 2 aliphatic heterocycles. The fraction of sp³-hybridized carbons (Fsp3) is 0.455. The Kier molecular flexibility index (Phi) is 5.69. The Balaban J connectivity index is 0.00000225. The Morgan fingerprint density at radius 2 is 1.54 bits per heavy atom. The molecule has 1 unspecified atom stereocenters. The van der Waals surface area contributed by atoms with Gasteiger partial charge in [0.2, 0.25) is 0 Å². The van der Waals surface area contributed by atoms with Crippen molar-refractivity contribution in [1.82, 2.24) is 0 Å². The third kappa shape index (κ3) is 3.07. The molecule has 0 fully saturated rings. The fourth-order valence-electron chi connectivity index (χ4n) is 4.82. The number of hydrogen-bond acceptors (Lipinski definition) is 4. The van der Waals surface area contributed by atoms with Crippen LogP contribution in [0.4, 0.5) is 0 Å². The summed E-state index contributed by atoms with van der Waals surface area (Å²) in [5.41, 5.74) is 5.37. The summed E-state index contributed by atoms with van der Waals surface area (Å²) in [6, 6.07) is 8.95. The van der Waals surface area contributed by atoms with E-state index in [9.17, 15) is 0 Å². The van der Waals surface area contributed by atoms with Crippen LogP contribution in [0.2, 0.25) is 0 Å². The first kappa shape index (κ1) is 20.6. The standard InChI is InChI=1S/C22H28NO4.ClH/c1-23-9-8-15-11-20(25-3)21(26-4)12-16(15)18(23)10-14-6-7-19(24-2)22(27-5)17(14)13-23;/h6-7,11-12,18H,8-10,13H2,1-5H3;1H/q+1;/p-1/t18-,23?;/m0./s1. The number of hydrogen-bond donors (Lipinski definition) is 0. The van der Waals surface area contributed by atoms with E-state index >= 15 is 0 Å². The average molecular weight is 406 g/mol. The van der Waals surface area contributed by atoms with Gasteiger partial charge >= 0.3 is 0 Å². The van der Waals surface area contributed by atoms with E-state index in [1.54, 1.807) is 28.4 Å². The van der Waals surface area contributed by atoms with E-state index in [4.69, 9.17) is 18.9 Å². The van der Waals surface area contributed by atoms with E-state index < -0.39 is 0 Å². The molecule has 4 rings (SSSR count). The van der Waals surface area contributed by atoms with Crippen LogP contribution in [0, 0.1) is 0 Å². The van der Waals surface area contributed by atoms with Crippen LogP contribution in [-0.2, 0) is 19.4 Å². The normalized spacial score (nSPS) is 22.1. The largest absolute Gasteiger partial charge is 1.00 e. The van der Waals surface area contributed by atoms with Crippen LogP contribution in [0.1, 0.15) is 28.3 Å². The maximum Gasteiger partial charge on any atom is 0.169 e. The van der Waals surface area contributed by atoms with Crippen LogP contribution < -0.4 is 31.4 Å². The SMILES string of the molecule is COc1cc2c(cc1OC)[C@@H]1Cc3ccc(OC)c(OC)c3C[N+]1(C)CC2.[Cl-]. The van der Waals surface area contributed by atoms with Crippen molar-refractivity contribution in [3.8, 4) is 23.0 Å². The number of quaternary nitrogens is 1. The summed E-state index contributed by atoms with van der Waals surface area (Å²) in [7, 11) is 9.18. The zero-order valence-electron chi connectivity index (χ0n) is 17.2. The van der Waals surface area contributed by atoms with Crippen molar-refractivity contribution in [2.24, 2.45) is 0 Å². The summed E-state index contributed by atoms with van der Waals surface area (Å²) in [5, 5.41) is 0. The van der Waals surface area contributed by atoms with Gasteiger partial charge in [-0.25, -0.2) is 0 Å². The first-order valence-electron chi connectivity index (χ1n) is 9.36. The fourth-order valence-corrected chi connectivity index (χ4v) is 4.82. The number of benzene rings is 2. The van der Waals surface area contributed by atoms with Crippen LogP contribution in [0.5, 0.6) is 23.0 Å². The molecular weight excluding hydrogens is 378 g/mol. The van der Waals surface area contributed by atoms with Gasteiger partial charge in [-0.3, -0.25) is 0 Å². The molecule has 0 N–H and O–H groups in total. The highest BCUT2D eigenvalue weighted by molar-refractivity contribution is 5.53. The molecule has 2 aliphatic rings. The zero-order chi connectivity index (χ0) is 19.2. The molecular formula is C22H28ClNO4. The van der Waals surface area contributed by atoms with E-state index in [2.05, 4.69) is 25.2 Å². The summed E-state index contributed by atoms with van der Waals surface area (Å²) in [6.45, 7) is 2.03. The van der Waals surface area contributed by atoms with Crippen molar-refractivity contribution in [3.05, 3.63) is 46.5 Å². The highest BCUT2D eigenvalue weighted by Crippen LogP contribution is 2.48. The van der Waals surface area contributed by atoms with Crippen LogP contribution in [0.3, 0.4) is 0 Å². The number of rotatable bonds is 4. The molecule has 152 valence electrons. The lowest BCUT2D eigenvalue weighted by molar-refractivity contribution is -0.956. The molecule has 2 aromatic carbocycles. The number of likely N-dealkylation sites (N-methyl/N-ethyl adjacent to an activating group) is 1. The smallest absolute Gasteiger partial charge is 0.169 e. The monoisotopic (exact) mass is 405 g/mol. The quantitative estimate of drug-likeness (QED) is 0.695. The van der Waals surface area contributed by atoms with Gasteiger partial charge in [-0.2, -0.15) is 0 Å². The van der Waals surface area contributed by atoms with E-state index in [0.717, 1.165) is 53.4 Å². The van der Waals surface area contributed by atoms with Crippen molar-refractivity contribution in [2.45, 2.75) is 25.4 Å². The predicted octanol–water partition coefficient (Wildman–Crippen LogP) is 0.525. The molecule has 2 aromatic rings. The van der Waals surface area contributed by atoms with Crippen LogP contribution in [0.15, 0.2) is 24.3 Å². The van der Waals surface area contributed by atoms with Crippen molar-refractivity contribution in [1.29, 1.82) is 0 Å². The van der Waals surface area contributed by atoms with E-state index in [0.29, 0.717) is 6.04 Å². The highest BCUT2D eigenvalue weighted by atomic mass is 35.5. The minimum atomic E-state index is 0. The Morgan fingerprint density at radius 3 is 2.18 bits per heavy atom. The summed E-state index contributed by atoms with van der Waals surface area (Å²) in [4.78, 5) is 0. The first-order valence-corrected chi connectivity index (χ1v) is 9.36. The van der Waals surface area contributed by atoms with Crippen LogP contribution in [-0.4, -0.2) is 46.5 Å². The Hall–Kier alpha value is -2.11. The van der Waals surface area contributed by atoms with Crippen molar-refractivity contribution in [2.75, 3.05) is 42.0 Å². The topological polar surface area (TPSA) is 36.9 Å². The molecule has 0 radical (unpaired) electrons. The summed E-state index contributed by atoms with van der Waals surface area (Å²) in [6.07, 6.45) is 2.01. The highest BCUT2D eigenvalue weighted by Gasteiger charge is 2.44. The van der Waals surface area contributed by atoms with Crippen molar-refractivity contribution >= 4 is 0 Å². The molecule has 0 spiro atoms. The molecule has 0 saturated heterocycles. The van der Waals surface area contributed by atoms with Crippen LogP contribution in [0.25, 0.3) is 0 Å². The minimum Gasteiger partial charge on any atom is -1.00 e. The molecule has 0 saturated carbocycles. The summed E-state index contributed by atoms with van der Waals surface area (Å²) >= 11 is 0. The Morgan fingerprint density at radius 1 is 0.857 bits per heavy atom.